The zero-order chi connectivity index (χ0) is 27.2. The minimum Gasteiger partial charge on any atom is -0.480 e. The number of piperidine rings is 1. The molecule has 1 aliphatic carbocycles. The topological polar surface area (TPSA) is 67.6 Å². The van der Waals surface area contributed by atoms with E-state index in [1.165, 1.54) is 31.7 Å². The Hall–Kier alpha value is -2.75. The van der Waals surface area contributed by atoms with E-state index in [9.17, 15) is 19.6 Å². The van der Waals surface area contributed by atoms with Gasteiger partial charge in [0.15, 0.2) is 0 Å². The van der Waals surface area contributed by atoms with E-state index in [1.807, 2.05) is 24.3 Å². The molecule has 1 N–H and O–H groups in total. The molecule has 2 aromatic rings. The van der Waals surface area contributed by atoms with Crippen molar-refractivity contribution in [1.82, 2.24) is 9.80 Å². The number of benzene rings is 2. The highest BCUT2D eigenvalue weighted by Crippen LogP contribution is 2.38. The first-order chi connectivity index (χ1) is 19.0. The molecule has 3 atom stereocenters. The molecule has 5 rings (SSSR count). The van der Waals surface area contributed by atoms with Crippen molar-refractivity contribution in [2.75, 3.05) is 32.7 Å². The molecule has 39 heavy (non-hydrogen) atoms. The molecule has 0 bridgehead atoms. The molecule has 5 nitrogen and oxygen atoms in total. The molecule has 208 valence electrons. The van der Waals surface area contributed by atoms with Crippen LogP contribution in [-0.4, -0.2) is 59.6 Å². The highest BCUT2D eigenvalue weighted by Gasteiger charge is 2.41. The normalized spacial score (nSPS) is 23.8. The fraction of sp³-hybridized carbons (Fsp3) is 0.576. The predicted octanol–water partition coefficient (Wildman–Crippen LogP) is 6.09. The van der Waals surface area contributed by atoms with Crippen molar-refractivity contribution in [3.8, 4) is 6.07 Å². The van der Waals surface area contributed by atoms with E-state index < -0.39 is 12.0 Å². The molecular formula is C33H42FN3O2. The molecule has 2 aromatic carbocycles. The van der Waals surface area contributed by atoms with E-state index in [4.69, 9.17) is 0 Å². The lowest BCUT2D eigenvalue weighted by atomic mass is 9.80. The number of nitriles is 1. The molecule has 1 saturated carbocycles. The first-order valence-corrected chi connectivity index (χ1v) is 14.9. The van der Waals surface area contributed by atoms with Crippen molar-refractivity contribution in [3.05, 3.63) is 71.0 Å². The Morgan fingerprint density at radius 2 is 1.85 bits per heavy atom. The summed E-state index contributed by atoms with van der Waals surface area (Å²) in [4.78, 5) is 17.0. The first-order valence-electron chi connectivity index (χ1n) is 14.9. The van der Waals surface area contributed by atoms with Gasteiger partial charge in [0.1, 0.15) is 11.9 Å². The highest BCUT2D eigenvalue weighted by atomic mass is 19.1. The van der Waals surface area contributed by atoms with Gasteiger partial charge in [-0.05, 0) is 92.3 Å². The maximum Gasteiger partial charge on any atom is 0.320 e. The second kappa shape index (κ2) is 13.1. The molecule has 6 heteroatoms. The summed E-state index contributed by atoms with van der Waals surface area (Å²) in [6.45, 7) is 4.53. The zero-order valence-corrected chi connectivity index (χ0v) is 23.0. The van der Waals surface area contributed by atoms with Gasteiger partial charge in [-0.3, -0.25) is 9.69 Å². The number of likely N-dealkylation sites (tertiary alicyclic amines) is 2. The summed E-state index contributed by atoms with van der Waals surface area (Å²) in [5.74, 6) is 0.778. The number of rotatable bonds is 11. The number of aliphatic carboxylic acids is 1. The minimum atomic E-state index is -0.709. The Balaban J connectivity index is 1.17. The molecule has 2 heterocycles. The van der Waals surface area contributed by atoms with E-state index in [0.717, 1.165) is 75.0 Å². The van der Waals surface area contributed by atoms with Gasteiger partial charge in [0.25, 0.3) is 0 Å². The van der Waals surface area contributed by atoms with E-state index in [1.54, 1.807) is 12.1 Å². The van der Waals surface area contributed by atoms with Gasteiger partial charge < -0.3 is 10.0 Å². The summed E-state index contributed by atoms with van der Waals surface area (Å²) in [5, 5.41) is 19.4. The van der Waals surface area contributed by atoms with Crippen LogP contribution in [0.2, 0.25) is 0 Å². The number of hydrogen-bond donors (Lipinski definition) is 1. The maximum atomic E-state index is 14.2. The molecule has 0 spiro atoms. The molecule has 3 unspecified atom stereocenters. The molecule has 0 aromatic heterocycles. The van der Waals surface area contributed by atoms with Crippen LogP contribution in [0.15, 0.2) is 48.5 Å². The van der Waals surface area contributed by atoms with E-state index in [0.29, 0.717) is 24.3 Å². The minimum absolute atomic E-state index is 0.155. The van der Waals surface area contributed by atoms with Crippen molar-refractivity contribution < 1.29 is 14.3 Å². The second-order valence-corrected chi connectivity index (χ2v) is 12.2. The summed E-state index contributed by atoms with van der Waals surface area (Å²) in [7, 11) is 0. The van der Waals surface area contributed by atoms with Gasteiger partial charge in [0.2, 0.25) is 0 Å². The number of carbonyl (C=O) groups is 1. The average Bonchev–Trinajstić information content (AvgIpc) is 3.32. The smallest absolute Gasteiger partial charge is 0.320 e. The lowest BCUT2D eigenvalue weighted by Crippen LogP contribution is -2.43. The summed E-state index contributed by atoms with van der Waals surface area (Å²) in [5.41, 5.74) is 2.95. The summed E-state index contributed by atoms with van der Waals surface area (Å²) in [6.07, 6.45) is 9.88. The average molecular weight is 532 g/mol. The van der Waals surface area contributed by atoms with Gasteiger partial charge in [-0.1, -0.05) is 56.0 Å². The quantitative estimate of drug-likeness (QED) is 0.380. The van der Waals surface area contributed by atoms with Crippen molar-refractivity contribution in [2.24, 2.45) is 17.8 Å². The Bertz CT molecular complexity index is 1150. The van der Waals surface area contributed by atoms with Gasteiger partial charge in [0, 0.05) is 25.6 Å². The third kappa shape index (κ3) is 7.07. The van der Waals surface area contributed by atoms with Crippen LogP contribution >= 0.6 is 0 Å². The van der Waals surface area contributed by atoms with Crippen LogP contribution in [0.5, 0.6) is 0 Å². The molecule has 2 saturated heterocycles. The molecular weight excluding hydrogens is 489 g/mol. The lowest BCUT2D eigenvalue weighted by molar-refractivity contribution is -0.144. The van der Waals surface area contributed by atoms with Crippen LogP contribution in [0.1, 0.15) is 74.0 Å². The van der Waals surface area contributed by atoms with Crippen LogP contribution in [0, 0.1) is 34.9 Å². The van der Waals surface area contributed by atoms with E-state index in [-0.39, 0.29) is 11.7 Å². The SMILES string of the molecule is N#Cc1ccccc1CCCC1CCN(CC2CN(C(CC3CCC3)C(=O)O)CC2c2cccc(F)c2)CC1. The van der Waals surface area contributed by atoms with Gasteiger partial charge in [0.05, 0.1) is 11.6 Å². The van der Waals surface area contributed by atoms with Crippen LogP contribution in [0.4, 0.5) is 4.39 Å². The Morgan fingerprint density at radius 3 is 2.54 bits per heavy atom. The number of carboxylic acid groups (broad SMARTS) is 1. The Kier molecular flexibility index (Phi) is 9.32. The van der Waals surface area contributed by atoms with Crippen molar-refractivity contribution in [3.63, 3.8) is 0 Å². The number of nitrogens with zero attached hydrogens (tertiary/aromatic N) is 3. The first kappa shape index (κ1) is 27.8. The standard InChI is InChI=1S/C33H42FN3O2/c34-30-13-5-12-27(19-30)31-23-37(32(33(38)39)18-25-7-3-8-25)22-29(31)21-36-16-14-24(15-17-36)6-4-11-26-9-1-2-10-28(26)20-35/h1-2,5,9-10,12-13,19,24-25,29,31-32H,3-4,6-8,11,14-18,21-23H2,(H,38,39). The summed E-state index contributed by atoms with van der Waals surface area (Å²) in [6, 6.07) is 16.7. The van der Waals surface area contributed by atoms with Crippen LogP contribution < -0.4 is 0 Å². The fourth-order valence-electron chi connectivity index (χ4n) is 7.13. The molecule has 0 radical (unpaired) electrons. The highest BCUT2D eigenvalue weighted by molar-refractivity contribution is 5.73. The van der Waals surface area contributed by atoms with Crippen molar-refractivity contribution in [1.29, 1.82) is 5.26 Å². The van der Waals surface area contributed by atoms with Crippen LogP contribution in [0.25, 0.3) is 0 Å². The molecule has 3 aliphatic rings. The van der Waals surface area contributed by atoms with Crippen LogP contribution in [-0.2, 0) is 11.2 Å². The van der Waals surface area contributed by atoms with Gasteiger partial charge in [-0.15, -0.1) is 0 Å². The third-order valence-electron chi connectivity index (χ3n) is 9.65. The zero-order valence-electron chi connectivity index (χ0n) is 23.0. The van der Waals surface area contributed by atoms with Gasteiger partial charge >= 0.3 is 5.97 Å². The Labute approximate surface area is 232 Å². The van der Waals surface area contributed by atoms with Gasteiger partial charge in [-0.25, -0.2) is 4.39 Å². The number of carboxylic acids is 1. The summed E-state index contributed by atoms with van der Waals surface area (Å²) < 4.78 is 14.2. The predicted molar refractivity (Wildman–Crippen MR) is 151 cm³/mol. The maximum absolute atomic E-state index is 14.2. The second-order valence-electron chi connectivity index (χ2n) is 12.2. The number of hydrogen-bond acceptors (Lipinski definition) is 4. The third-order valence-corrected chi connectivity index (χ3v) is 9.65. The fourth-order valence-corrected chi connectivity index (χ4v) is 7.13. The lowest BCUT2D eigenvalue weighted by Gasteiger charge is -2.35. The van der Waals surface area contributed by atoms with Crippen molar-refractivity contribution >= 4 is 5.97 Å². The molecule has 3 fully saturated rings. The van der Waals surface area contributed by atoms with E-state index in [2.05, 4.69) is 21.9 Å². The molecule has 2 aliphatic heterocycles. The van der Waals surface area contributed by atoms with Crippen LogP contribution in [0.3, 0.4) is 0 Å². The van der Waals surface area contributed by atoms with Gasteiger partial charge in [-0.2, -0.15) is 5.26 Å². The Morgan fingerprint density at radius 1 is 1.05 bits per heavy atom. The summed E-state index contributed by atoms with van der Waals surface area (Å²) >= 11 is 0. The van der Waals surface area contributed by atoms with E-state index >= 15 is 0 Å². The number of aryl methyl sites for hydroxylation is 1. The van der Waals surface area contributed by atoms with Crippen molar-refractivity contribution in [2.45, 2.75) is 69.7 Å². The molecule has 0 amide bonds. The number of halogens is 1. The monoisotopic (exact) mass is 531 g/mol. The largest absolute Gasteiger partial charge is 0.480 e.